The molecule has 10 aromatic rings. The lowest BCUT2D eigenvalue weighted by atomic mass is 9.93. The van der Waals surface area contributed by atoms with E-state index in [1.165, 1.54) is 91.1 Å². The topological polar surface area (TPSA) is 4.93 Å². The summed E-state index contributed by atoms with van der Waals surface area (Å²) in [6.07, 6.45) is 0. The maximum absolute atomic E-state index is 2.50. The fourth-order valence-corrected chi connectivity index (χ4v) is 8.67. The molecule has 1 nitrogen and oxygen atoms in total. The van der Waals surface area contributed by atoms with E-state index < -0.39 is 0 Å². The number of aromatic nitrogens is 1. The molecule has 0 atom stereocenters. The molecule has 0 saturated carbocycles. The fraction of sp³-hybridized carbons (Fsp3) is 0. The number of fused-ring (bicyclic) bond motifs is 13. The first-order valence-electron chi connectivity index (χ1n) is 15.1. The fourth-order valence-electron chi connectivity index (χ4n) is 7.54. The van der Waals surface area contributed by atoms with Crippen LogP contribution in [0, 0.1) is 0 Å². The molecule has 0 saturated heterocycles. The van der Waals surface area contributed by atoms with Gasteiger partial charge in [0.05, 0.1) is 11.0 Å². The third-order valence-electron chi connectivity index (χ3n) is 9.36. The summed E-state index contributed by atoms with van der Waals surface area (Å²) in [6.45, 7) is 0. The van der Waals surface area contributed by atoms with Crippen molar-refractivity contribution in [1.82, 2.24) is 4.57 Å². The van der Waals surface area contributed by atoms with Crippen molar-refractivity contribution in [2.45, 2.75) is 0 Å². The minimum absolute atomic E-state index is 1.18. The molecule has 2 heterocycles. The van der Waals surface area contributed by atoms with Gasteiger partial charge in [-0.15, -0.1) is 11.3 Å². The smallest absolute Gasteiger partial charge is 0.0625 e. The van der Waals surface area contributed by atoms with Gasteiger partial charge in [0.15, 0.2) is 0 Å². The van der Waals surface area contributed by atoms with Crippen molar-refractivity contribution in [3.8, 4) is 16.8 Å². The van der Waals surface area contributed by atoms with Crippen molar-refractivity contribution in [3.63, 3.8) is 0 Å². The van der Waals surface area contributed by atoms with E-state index >= 15 is 0 Å². The molecule has 0 bridgehead atoms. The largest absolute Gasteiger partial charge is 0.309 e. The molecular formula is C42H25NS. The summed E-state index contributed by atoms with van der Waals surface area (Å²) in [6, 6.07) is 55.9. The highest BCUT2D eigenvalue weighted by Crippen LogP contribution is 2.44. The molecule has 44 heavy (non-hydrogen) atoms. The van der Waals surface area contributed by atoms with Gasteiger partial charge in [0.1, 0.15) is 0 Å². The summed E-state index contributed by atoms with van der Waals surface area (Å²) in [5, 5.41) is 13.0. The molecule has 0 N–H and O–H groups in total. The number of benzene rings is 8. The third-order valence-corrected chi connectivity index (χ3v) is 10.5. The van der Waals surface area contributed by atoms with E-state index in [9.17, 15) is 0 Å². The highest BCUT2D eigenvalue weighted by molar-refractivity contribution is 7.25. The molecule has 0 fully saturated rings. The predicted molar refractivity (Wildman–Crippen MR) is 192 cm³/mol. The molecule has 8 aromatic carbocycles. The summed E-state index contributed by atoms with van der Waals surface area (Å²) in [7, 11) is 0. The van der Waals surface area contributed by atoms with Gasteiger partial charge in [-0.2, -0.15) is 0 Å². The van der Waals surface area contributed by atoms with E-state index in [4.69, 9.17) is 0 Å². The van der Waals surface area contributed by atoms with Gasteiger partial charge < -0.3 is 4.57 Å². The second kappa shape index (κ2) is 9.03. The molecule has 0 aliphatic carbocycles. The Labute approximate surface area is 257 Å². The van der Waals surface area contributed by atoms with Crippen LogP contribution in [0.15, 0.2) is 152 Å². The van der Waals surface area contributed by atoms with Crippen LogP contribution in [0.3, 0.4) is 0 Å². The van der Waals surface area contributed by atoms with Crippen LogP contribution in [0.2, 0.25) is 0 Å². The first kappa shape index (κ1) is 24.0. The molecule has 0 radical (unpaired) electrons. The molecule has 0 aliphatic rings. The average molecular weight is 576 g/mol. The van der Waals surface area contributed by atoms with Gasteiger partial charge in [-0.1, -0.05) is 121 Å². The molecule has 0 amide bonds. The Morgan fingerprint density at radius 3 is 1.80 bits per heavy atom. The number of rotatable bonds is 2. The van der Waals surface area contributed by atoms with Crippen molar-refractivity contribution in [3.05, 3.63) is 152 Å². The van der Waals surface area contributed by atoms with Gasteiger partial charge in [0.25, 0.3) is 0 Å². The summed E-state index contributed by atoms with van der Waals surface area (Å²) >= 11 is 1.87. The molecule has 204 valence electrons. The Kier molecular flexibility index (Phi) is 4.94. The van der Waals surface area contributed by atoms with Crippen LogP contribution in [-0.4, -0.2) is 4.57 Å². The van der Waals surface area contributed by atoms with Crippen LogP contribution in [0.1, 0.15) is 0 Å². The van der Waals surface area contributed by atoms with E-state index in [0.717, 1.165) is 0 Å². The van der Waals surface area contributed by atoms with E-state index in [0.29, 0.717) is 0 Å². The first-order valence-corrected chi connectivity index (χ1v) is 15.9. The minimum Gasteiger partial charge on any atom is -0.309 e. The molecule has 0 unspecified atom stereocenters. The second-order valence-electron chi connectivity index (χ2n) is 11.7. The van der Waals surface area contributed by atoms with Gasteiger partial charge in [-0.25, -0.2) is 0 Å². The van der Waals surface area contributed by atoms with Crippen LogP contribution in [-0.2, 0) is 0 Å². The molecule has 10 rings (SSSR count). The second-order valence-corrected chi connectivity index (χ2v) is 12.7. The van der Waals surface area contributed by atoms with Crippen LogP contribution in [0.4, 0.5) is 0 Å². The first-order chi connectivity index (χ1) is 21.8. The third kappa shape index (κ3) is 3.23. The number of hydrogen-bond donors (Lipinski definition) is 0. The van der Waals surface area contributed by atoms with Gasteiger partial charge in [0, 0.05) is 42.0 Å². The lowest BCUT2D eigenvalue weighted by Gasteiger charge is -2.15. The number of hydrogen-bond acceptors (Lipinski definition) is 1. The molecule has 2 heteroatoms. The van der Waals surface area contributed by atoms with E-state index in [2.05, 4.69) is 156 Å². The maximum atomic E-state index is 2.50. The Balaban J connectivity index is 1.35. The standard InChI is InChI=1S/C42H25NS/c1-2-15-31-29(13-1)30-14-3-4-17-33(30)41-34(31)23-24-35-32-16-5-7-20-37(32)43(42(35)41)27-12-9-11-26(25-27)28-19-10-22-39-40(28)36-18-6-8-21-38(36)44-39/h1-25H. The molecular weight excluding hydrogens is 551 g/mol. The zero-order valence-corrected chi connectivity index (χ0v) is 24.6. The van der Waals surface area contributed by atoms with Gasteiger partial charge in [-0.05, 0) is 68.4 Å². The van der Waals surface area contributed by atoms with Gasteiger partial charge in [-0.3, -0.25) is 0 Å². The number of thiophene rings is 1. The van der Waals surface area contributed by atoms with Gasteiger partial charge >= 0.3 is 0 Å². The summed E-state index contributed by atoms with van der Waals surface area (Å²) in [5.41, 5.74) is 6.18. The van der Waals surface area contributed by atoms with Crippen molar-refractivity contribution in [2.24, 2.45) is 0 Å². The van der Waals surface area contributed by atoms with Crippen molar-refractivity contribution < 1.29 is 0 Å². The Bertz CT molecular complexity index is 2740. The molecule has 0 aliphatic heterocycles. The summed E-state index contributed by atoms with van der Waals surface area (Å²) in [5.74, 6) is 0. The Morgan fingerprint density at radius 2 is 0.977 bits per heavy atom. The van der Waals surface area contributed by atoms with Crippen molar-refractivity contribution in [2.75, 3.05) is 0 Å². The normalized spacial score (nSPS) is 12.1. The predicted octanol–water partition coefficient (Wildman–Crippen LogP) is 12.3. The average Bonchev–Trinajstić information content (AvgIpc) is 3.64. The summed E-state index contributed by atoms with van der Waals surface area (Å²) < 4.78 is 5.17. The molecule has 0 spiro atoms. The van der Waals surface area contributed by atoms with Crippen LogP contribution < -0.4 is 0 Å². The van der Waals surface area contributed by atoms with Crippen LogP contribution in [0.25, 0.3) is 91.1 Å². The lowest BCUT2D eigenvalue weighted by Crippen LogP contribution is -1.96. The quantitative estimate of drug-likeness (QED) is 0.181. The van der Waals surface area contributed by atoms with E-state index in [1.807, 2.05) is 11.3 Å². The van der Waals surface area contributed by atoms with Crippen LogP contribution in [0.5, 0.6) is 0 Å². The SMILES string of the molecule is c1cc(-c2cccc3sc4ccccc4c23)cc(-n2c3ccccc3c3ccc4c5ccccc5c5ccccc5c4c32)c1. The summed E-state index contributed by atoms with van der Waals surface area (Å²) in [4.78, 5) is 0. The van der Waals surface area contributed by atoms with Crippen molar-refractivity contribution in [1.29, 1.82) is 0 Å². The monoisotopic (exact) mass is 575 g/mol. The lowest BCUT2D eigenvalue weighted by molar-refractivity contribution is 1.19. The highest BCUT2D eigenvalue weighted by Gasteiger charge is 2.19. The minimum atomic E-state index is 1.18. The number of nitrogens with zero attached hydrogens (tertiary/aromatic N) is 1. The van der Waals surface area contributed by atoms with E-state index in [1.54, 1.807) is 0 Å². The van der Waals surface area contributed by atoms with Crippen LogP contribution >= 0.6 is 11.3 Å². The van der Waals surface area contributed by atoms with Gasteiger partial charge in [0.2, 0.25) is 0 Å². The number of para-hydroxylation sites is 1. The Morgan fingerprint density at radius 1 is 0.386 bits per heavy atom. The molecule has 2 aromatic heterocycles. The highest BCUT2D eigenvalue weighted by atomic mass is 32.1. The zero-order valence-electron chi connectivity index (χ0n) is 23.8. The van der Waals surface area contributed by atoms with E-state index in [-0.39, 0.29) is 0 Å². The van der Waals surface area contributed by atoms with Crippen molar-refractivity contribution >= 4 is 85.6 Å². The maximum Gasteiger partial charge on any atom is 0.0625 e. The Hall–Kier alpha value is -5.44. The zero-order chi connectivity index (χ0) is 28.8.